The van der Waals surface area contributed by atoms with E-state index in [2.05, 4.69) is 29.8 Å². The van der Waals surface area contributed by atoms with E-state index in [-0.39, 0.29) is 0 Å². The van der Waals surface area contributed by atoms with E-state index in [4.69, 9.17) is 10.5 Å². The summed E-state index contributed by atoms with van der Waals surface area (Å²) >= 11 is 3.50. The van der Waals surface area contributed by atoms with Crippen LogP contribution in [0.3, 0.4) is 0 Å². The number of ether oxygens (including phenoxy) is 1. The van der Waals surface area contributed by atoms with Crippen LogP contribution in [0.25, 0.3) is 0 Å². The second kappa shape index (κ2) is 6.92. The Morgan fingerprint density at radius 3 is 2.81 bits per heavy atom. The summed E-state index contributed by atoms with van der Waals surface area (Å²) < 4.78 is 6.83. The molecule has 0 amide bonds. The van der Waals surface area contributed by atoms with E-state index in [9.17, 15) is 0 Å². The van der Waals surface area contributed by atoms with Gasteiger partial charge in [0.1, 0.15) is 5.75 Å². The predicted molar refractivity (Wildman–Crippen MR) is 71.6 cm³/mol. The molecule has 16 heavy (non-hydrogen) atoms. The van der Waals surface area contributed by atoms with Crippen molar-refractivity contribution in [1.29, 1.82) is 0 Å². The number of para-hydroxylation sites is 1. The van der Waals surface area contributed by atoms with Gasteiger partial charge in [-0.25, -0.2) is 0 Å². The molecule has 2 N–H and O–H groups in total. The van der Waals surface area contributed by atoms with Crippen LogP contribution in [-0.2, 0) is 6.54 Å². The third-order valence-electron chi connectivity index (χ3n) is 2.56. The zero-order chi connectivity index (χ0) is 12.0. The van der Waals surface area contributed by atoms with Gasteiger partial charge in [-0.2, -0.15) is 0 Å². The average Bonchev–Trinajstić information content (AvgIpc) is 2.27. The van der Waals surface area contributed by atoms with Crippen molar-refractivity contribution in [2.75, 3.05) is 6.61 Å². The Hall–Kier alpha value is -0.540. The van der Waals surface area contributed by atoms with Crippen molar-refractivity contribution < 1.29 is 4.74 Å². The van der Waals surface area contributed by atoms with Gasteiger partial charge in [0.15, 0.2) is 0 Å². The van der Waals surface area contributed by atoms with Gasteiger partial charge < -0.3 is 10.5 Å². The van der Waals surface area contributed by atoms with Crippen LogP contribution < -0.4 is 10.5 Å². The van der Waals surface area contributed by atoms with Crippen LogP contribution in [0.5, 0.6) is 5.75 Å². The monoisotopic (exact) mass is 285 g/mol. The number of halogens is 1. The van der Waals surface area contributed by atoms with Crippen molar-refractivity contribution in [2.24, 2.45) is 11.7 Å². The summed E-state index contributed by atoms with van der Waals surface area (Å²) in [6.45, 7) is 5.67. The van der Waals surface area contributed by atoms with E-state index in [0.29, 0.717) is 12.5 Å². The van der Waals surface area contributed by atoms with Crippen molar-refractivity contribution in [3.8, 4) is 5.75 Å². The molecule has 0 saturated carbocycles. The molecule has 0 aromatic heterocycles. The minimum Gasteiger partial charge on any atom is -0.492 e. The maximum absolute atomic E-state index is 5.85. The lowest BCUT2D eigenvalue weighted by Gasteiger charge is -2.15. The SMILES string of the molecule is CCCC(C)COc1c(Br)cccc1CN. The zero-order valence-electron chi connectivity index (χ0n) is 10.0. The molecule has 0 aliphatic rings. The summed E-state index contributed by atoms with van der Waals surface area (Å²) in [4.78, 5) is 0. The van der Waals surface area contributed by atoms with E-state index in [1.54, 1.807) is 0 Å². The first kappa shape index (κ1) is 13.5. The average molecular weight is 286 g/mol. The third kappa shape index (κ3) is 3.80. The van der Waals surface area contributed by atoms with Crippen LogP contribution in [0.2, 0.25) is 0 Å². The Morgan fingerprint density at radius 2 is 2.19 bits per heavy atom. The number of hydrogen-bond donors (Lipinski definition) is 1. The highest BCUT2D eigenvalue weighted by atomic mass is 79.9. The van der Waals surface area contributed by atoms with Crippen molar-refractivity contribution in [2.45, 2.75) is 33.2 Å². The fourth-order valence-corrected chi connectivity index (χ4v) is 2.20. The first-order chi connectivity index (χ1) is 7.69. The molecule has 1 atom stereocenters. The lowest BCUT2D eigenvalue weighted by molar-refractivity contribution is 0.248. The Balaban J connectivity index is 2.65. The van der Waals surface area contributed by atoms with Gasteiger partial charge in [-0.15, -0.1) is 0 Å². The number of hydrogen-bond acceptors (Lipinski definition) is 2. The molecule has 3 heteroatoms. The largest absolute Gasteiger partial charge is 0.492 e. The lowest BCUT2D eigenvalue weighted by atomic mass is 10.1. The third-order valence-corrected chi connectivity index (χ3v) is 3.19. The second-order valence-electron chi connectivity index (χ2n) is 4.14. The summed E-state index contributed by atoms with van der Waals surface area (Å²) in [6.07, 6.45) is 2.40. The first-order valence-electron chi connectivity index (χ1n) is 5.79. The molecule has 0 heterocycles. The molecule has 0 aliphatic heterocycles. The molecule has 1 aromatic carbocycles. The molecule has 0 spiro atoms. The van der Waals surface area contributed by atoms with Gasteiger partial charge in [0.25, 0.3) is 0 Å². The van der Waals surface area contributed by atoms with E-state index in [1.807, 2.05) is 18.2 Å². The highest BCUT2D eigenvalue weighted by Crippen LogP contribution is 2.29. The van der Waals surface area contributed by atoms with Crippen LogP contribution >= 0.6 is 15.9 Å². The van der Waals surface area contributed by atoms with E-state index < -0.39 is 0 Å². The van der Waals surface area contributed by atoms with Crippen molar-refractivity contribution in [3.63, 3.8) is 0 Å². The summed E-state index contributed by atoms with van der Waals surface area (Å²) in [6, 6.07) is 5.97. The van der Waals surface area contributed by atoms with E-state index in [0.717, 1.165) is 22.4 Å². The molecule has 1 rings (SSSR count). The molecule has 1 unspecified atom stereocenters. The normalized spacial score (nSPS) is 12.5. The smallest absolute Gasteiger partial charge is 0.137 e. The van der Waals surface area contributed by atoms with Gasteiger partial charge in [-0.05, 0) is 34.3 Å². The van der Waals surface area contributed by atoms with E-state index in [1.165, 1.54) is 12.8 Å². The maximum atomic E-state index is 5.85. The maximum Gasteiger partial charge on any atom is 0.137 e. The number of benzene rings is 1. The van der Waals surface area contributed by atoms with Crippen molar-refractivity contribution in [3.05, 3.63) is 28.2 Å². The molecule has 0 bridgehead atoms. The fraction of sp³-hybridized carbons (Fsp3) is 0.538. The van der Waals surface area contributed by atoms with Gasteiger partial charge >= 0.3 is 0 Å². The molecule has 2 nitrogen and oxygen atoms in total. The minimum atomic E-state index is 0.511. The lowest BCUT2D eigenvalue weighted by Crippen LogP contribution is -2.10. The predicted octanol–water partition coefficient (Wildman–Crippen LogP) is 3.72. The highest BCUT2D eigenvalue weighted by Gasteiger charge is 2.08. The Labute approximate surface area is 106 Å². The molecule has 0 saturated heterocycles. The van der Waals surface area contributed by atoms with Crippen LogP contribution in [0.15, 0.2) is 22.7 Å². The van der Waals surface area contributed by atoms with Gasteiger partial charge in [0.2, 0.25) is 0 Å². The Kier molecular flexibility index (Phi) is 5.85. The van der Waals surface area contributed by atoms with Crippen LogP contribution in [0.4, 0.5) is 0 Å². The first-order valence-corrected chi connectivity index (χ1v) is 6.58. The van der Waals surface area contributed by atoms with Gasteiger partial charge in [0.05, 0.1) is 11.1 Å². The summed E-state index contributed by atoms with van der Waals surface area (Å²) in [5.41, 5.74) is 6.74. The van der Waals surface area contributed by atoms with Gasteiger partial charge in [-0.1, -0.05) is 32.4 Å². The van der Waals surface area contributed by atoms with Crippen molar-refractivity contribution >= 4 is 15.9 Å². The van der Waals surface area contributed by atoms with Gasteiger partial charge in [-0.3, -0.25) is 0 Å². The molecule has 0 radical (unpaired) electrons. The van der Waals surface area contributed by atoms with E-state index >= 15 is 0 Å². The molecule has 90 valence electrons. The zero-order valence-corrected chi connectivity index (χ0v) is 11.6. The topological polar surface area (TPSA) is 35.2 Å². The molecule has 0 fully saturated rings. The quantitative estimate of drug-likeness (QED) is 0.865. The molecular weight excluding hydrogens is 266 g/mol. The number of nitrogens with two attached hydrogens (primary N) is 1. The Morgan fingerprint density at radius 1 is 1.44 bits per heavy atom. The molecular formula is C13H20BrNO. The summed E-state index contributed by atoms with van der Waals surface area (Å²) in [5, 5.41) is 0. The van der Waals surface area contributed by atoms with Gasteiger partial charge in [0, 0.05) is 12.1 Å². The standard InChI is InChI=1S/C13H20BrNO/c1-3-5-10(2)9-16-13-11(8-15)6-4-7-12(13)14/h4,6-7,10H,3,5,8-9,15H2,1-2H3. The second-order valence-corrected chi connectivity index (χ2v) is 4.99. The van der Waals surface area contributed by atoms with Crippen LogP contribution in [0, 0.1) is 5.92 Å². The van der Waals surface area contributed by atoms with Crippen LogP contribution in [0.1, 0.15) is 32.3 Å². The highest BCUT2D eigenvalue weighted by molar-refractivity contribution is 9.10. The number of rotatable bonds is 6. The fourth-order valence-electron chi connectivity index (χ4n) is 1.68. The minimum absolute atomic E-state index is 0.511. The molecule has 0 aliphatic carbocycles. The Bertz CT molecular complexity index is 328. The summed E-state index contributed by atoms with van der Waals surface area (Å²) in [7, 11) is 0. The summed E-state index contributed by atoms with van der Waals surface area (Å²) in [5.74, 6) is 1.48. The molecule has 1 aromatic rings. The van der Waals surface area contributed by atoms with Crippen molar-refractivity contribution in [1.82, 2.24) is 0 Å². The van der Waals surface area contributed by atoms with Crippen LogP contribution in [-0.4, -0.2) is 6.61 Å².